The third-order valence-corrected chi connectivity index (χ3v) is 2.69. The molecule has 1 unspecified atom stereocenters. The normalized spacial score (nSPS) is 12.6. The van der Waals surface area contributed by atoms with Crippen molar-refractivity contribution in [1.29, 1.82) is 0 Å². The number of hydrogen-bond donors (Lipinski definition) is 1. The zero-order valence-corrected chi connectivity index (χ0v) is 9.68. The number of hydrogen-bond acceptors (Lipinski definition) is 3. The molecule has 0 radical (unpaired) electrons. The SMILES string of the molecule is Cn1ncnc1CC(N)Cc1ccccc1F. The molecule has 0 aliphatic rings. The van der Waals surface area contributed by atoms with Gasteiger partial charge >= 0.3 is 0 Å². The summed E-state index contributed by atoms with van der Waals surface area (Å²) < 4.78 is 15.1. The smallest absolute Gasteiger partial charge is 0.138 e. The van der Waals surface area contributed by atoms with Gasteiger partial charge in [0.1, 0.15) is 18.0 Å². The highest BCUT2D eigenvalue weighted by Crippen LogP contribution is 2.10. The largest absolute Gasteiger partial charge is 0.327 e. The summed E-state index contributed by atoms with van der Waals surface area (Å²) in [6, 6.07) is 6.53. The Morgan fingerprint density at radius 3 is 2.76 bits per heavy atom. The Kier molecular flexibility index (Phi) is 3.49. The van der Waals surface area contributed by atoms with Crippen LogP contribution in [0.25, 0.3) is 0 Å². The van der Waals surface area contributed by atoms with Gasteiger partial charge in [0.15, 0.2) is 0 Å². The minimum absolute atomic E-state index is 0.158. The van der Waals surface area contributed by atoms with E-state index in [2.05, 4.69) is 10.1 Å². The molecule has 1 atom stereocenters. The zero-order chi connectivity index (χ0) is 12.3. The highest BCUT2D eigenvalue weighted by Gasteiger charge is 2.11. The molecule has 1 aromatic heterocycles. The van der Waals surface area contributed by atoms with Gasteiger partial charge in [-0.2, -0.15) is 5.10 Å². The van der Waals surface area contributed by atoms with Gasteiger partial charge in [0, 0.05) is 19.5 Å². The van der Waals surface area contributed by atoms with Gasteiger partial charge in [0.25, 0.3) is 0 Å². The van der Waals surface area contributed by atoms with E-state index in [0.29, 0.717) is 18.4 Å². The van der Waals surface area contributed by atoms with Crippen molar-refractivity contribution in [3.05, 3.63) is 47.8 Å². The van der Waals surface area contributed by atoms with Crippen molar-refractivity contribution < 1.29 is 4.39 Å². The maximum atomic E-state index is 13.4. The van der Waals surface area contributed by atoms with Gasteiger partial charge in [-0.25, -0.2) is 9.37 Å². The second-order valence-corrected chi connectivity index (χ2v) is 4.06. The molecule has 90 valence electrons. The first-order chi connectivity index (χ1) is 8.16. The van der Waals surface area contributed by atoms with Crippen molar-refractivity contribution in [3.8, 4) is 0 Å². The van der Waals surface area contributed by atoms with Gasteiger partial charge in [0.05, 0.1) is 0 Å². The van der Waals surface area contributed by atoms with Crippen LogP contribution in [0.4, 0.5) is 4.39 Å². The van der Waals surface area contributed by atoms with Crippen LogP contribution in [-0.2, 0) is 19.9 Å². The van der Waals surface area contributed by atoms with Crippen LogP contribution in [0, 0.1) is 5.82 Å². The summed E-state index contributed by atoms with van der Waals surface area (Å²) in [6.07, 6.45) is 2.58. The van der Waals surface area contributed by atoms with Crippen LogP contribution >= 0.6 is 0 Å². The number of nitrogens with two attached hydrogens (primary N) is 1. The summed E-state index contributed by atoms with van der Waals surface area (Å²) in [5, 5.41) is 3.97. The standard InChI is InChI=1S/C12H15FN4/c1-17-12(15-8-16-17)7-10(14)6-9-4-2-3-5-11(9)13/h2-5,8,10H,6-7,14H2,1H3. The van der Waals surface area contributed by atoms with Crippen molar-refractivity contribution in [1.82, 2.24) is 14.8 Å². The third-order valence-electron chi connectivity index (χ3n) is 2.69. The van der Waals surface area contributed by atoms with Crippen LogP contribution in [0.1, 0.15) is 11.4 Å². The van der Waals surface area contributed by atoms with E-state index in [0.717, 1.165) is 5.82 Å². The molecule has 0 amide bonds. The first-order valence-electron chi connectivity index (χ1n) is 5.48. The molecule has 0 aliphatic carbocycles. The molecule has 2 aromatic rings. The summed E-state index contributed by atoms with van der Waals surface area (Å²) in [5.74, 6) is 0.606. The maximum absolute atomic E-state index is 13.4. The lowest BCUT2D eigenvalue weighted by Gasteiger charge is -2.11. The number of halogens is 1. The number of rotatable bonds is 4. The molecule has 2 rings (SSSR count). The Labute approximate surface area is 99.3 Å². The van der Waals surface area contributed by atoms with Crippen molar-refractivity contribution in [2.45, 2.75) is 18.9 Å². The molecule has 5 heteroatoms. The lowest BCUT2D eigenvalue weighted by molar-refractivity contribution is 0.567. The highest BCUT2D eigenvalue weighted by molar-refractivity contribution is 5.18. The zero-order valence-electron chi connectivity index (χ0n) is 9.68. The first-order valence-corrected chi connectivity index (χ1v) is 5.48. The molecule has 0 aliphatic heterocycles. The van der Waals surface area contributed by atoms with Crippen molar-refractivity contribution >= 4 is 0 Å². The summed E-state index contributed by atoms with van der Waals surface area (Å²) in [7, 11) is 1.82. The monoisotopic (exact) mass is 234 g/mol. The Bertz CT molecular complexity index is 495. The molecule has 1 aromatic carbocycles. The van der Waals surface area contributed by atoms with Crippen molar-refractivity contribution in [3.63, 3.8) is 0 Å². The molecule has 4 nitrogen and oxygen atoms in total. The molecule has 0 saturated heterocycles. The molecule has 2 N–H and O–H groups in total. The molecule has 1 heterocycles. The van der Waals surface area contributed by atoms with Gasteiger partial charge < -0.3 is 5.73 Å². The average Bonchev–Trinajstić information content (AvgIpc) is 2.68. The molecular weight excluding hydrogens is 219 g/mol. The van der Waals surface area contributed by atoms with Crippen LogP contribution in [0.3, 0.4) is 0 Å². The van der Waals surface area contributed by atoms with Gasteiger partial charge in [-0.3, -0.25) is 4.68 Å². The molecular formula is C12H15FN4. The summed E-state index contributed by atoms with van der Waals surface area (Å²) in [6.45, 7) is 0. The maximum Gasteiger partial charge on any atom is 0.138 e. The Hall–Kier alpha value is -1.75. The third kappa shape index (κ3) is 2.88. The second kappa shape index (κ2) is 5.05. The number of nitrogens with zero attached hydrogens (tertiary/aromatic N) is 3. The van der Waals surface area contributed by atoms with E-state index in [1.807, 2.05) is 13.1 Å². The number of benzene rings is 1. The predicted molar refractivity (Wildman–Crippen MR) is 62.8 cm³/mol. The quantitative estimate of drug-likeness (QED) is 0.860. The van der Waals surface area contributed by atoms with Crippen LogP contribution in [-0.4, -0.2) is 20.8 Å². The lowest BCUT2D eigenvalue weighted by Crippen LogP contribution is -2.27. The molecule has 0 saturated carbocycles. The van der Waals surface area contributed by atoms with Gasteiger partial charge in [-0.05, 0) is 18.1 Å². The fourth-order valence-electron chi connectivity index (χ4n) is 1.76. The fourth-order valence-corrected chi connectivity index (χ4v) is 1.76. The van der Waals surface area contributed by atoms with E-state index in [-0.39, 0.29) is 11.9 Å². The van der Waals surface area contributed by atoms with Gasteiger partial charge in [-0.1, -0.05) is 18.2 Å². The minimum atomic E-state index is -0.207. The van der Waals surface area contributed by atoms with Gasteiger partial charge in [0.2, 0.25) is 0 Å². The number of aromatic nitrogens is 3. The van der Waals surface area contributed by atoms with E-state index in [4.69, 9.17) is 5.73 Å². The fraction of sp³-hybridized carbons (Fsp3) is 0.333. The van der Waals surface area contributed by atoms with Crippen molar-refractivity contribution in [2.24, 2.45) is 12.8 Å². The van der Waals surface area contributed by atoms with E-state index in [1.165, 1.54) is 12.4 Å². The molecule has 17 heavy (non-hydrogen) atoms. The number of aryl methyl sites for hydroxylation is 1. The summed E-state index contributed by atoms with van der Waals surface area (Å²) in [5.41, 5.74) is 6.63. The van der Waals surface area contributed by atoms with Crippen LogP contribution in [0.15, 0.2) is 30.6 Å². The molecule has 0 spiro atoms. The predicted octanol–water partition coefficient (Wildman–Crippen LogP) is 1.07. The summed E-state index contributed by atoms with van der Waals surface area (Å²) in [4.78, 5) is 4.10. The van der Waals surface area contributed by atoms with Crippen molar-refractivity contribution in [2.75, 3.05) is 0 Å². The molecule has 0 fully saturated rings. The van der Waals surface area contributed by atoms with E-state index in [1.54, 1.807) is 16.8 Å². The second-order valence-electron chi connectivity index (χ2n) is 4.06. The lowest BCUT2D eigenvalue weighted by atomic mass is 10.0. The Morgan fingerprint density at radius 1 is 1.35 bits per heavy atom. The van der Waals surface area contributed by atoms with E-state index >= 15 is 0 Å². The topological polar surface area (TPSA) is 56.7 Å². The van der Waals surface area contributed by atoms with Crippen LogP contribution < -0.4 is 5.73 Å². The van der Waals surface area contributed by atoms with E-state index in [9.17, 15) is 4.39 Å². The highest BCUT2D eigenvalue weighted by atomic mass is 19.1. The Balaban J connectivity index is 2.01. The average molecular weight is 234 g/mol. The molecule has 0 bridgehead atoms. The first kappa shape index (κ1) is 11.7. The van der Waals surface area contributed by atoms with Crippen LogP contribution in [0.5, 0.6) is 0 Å². The van der Waals surface area contributed by atoms with E-state index < -0.39 is 0 Å². The Morgan fingerprint density at radius 2 is 2.12 bits per heavy atom. The van der Waals surface area contributed by atoms with Gasteiger partial charge in [-0.15, -0.1) is 0 Å². The summed E-state index contributed by atoms with van der Waals surface area (Å²) >= 11 is 0. The minimum Gasteiger partial charge on any atom is -0.327 e. The van der Waals surface area contributed by atoms with Crippen LogP contribution in [0.2, 0.25) is 0 Å².